The van der Waals surface area contributed by atoms with E-state index in [1.807, 2.05) is 0 Å². The number of aromatic nitrogens is 3. The molecule has 0 amide bonds. The van der Waals surface area contributed by atoms with E-state index >= 15 is 0 Å². The zero-order valence-electron chi connectivity index (χ0n) is 12.4. The van der Waals surface area contributed by atoms with E-state index < -0.39 is 22.9 Å². The third-order valence-corrected chi connectivity index (χ3v) is 3.77. The molecule has 7 nitrogen and oxygen atoms in total. The largest absolute Gasteiger partial charge is 0.497 e. The number of nitrogens with zero attached hydrogens (tertiary/aromatic N) is 3. The van der Waals surface area contributed by atoms with E-state index in [4.69, 9.17) is 9.29 Å². The Hall–Kier alpha value is -2.43. The second kappa shape index (κ2) is 6.59. The summed E-state index contributed by atoms with van der Waals surface area (Å²) in [5.41, 5.74) is 0.755. The molecule has 0 saturated carbocycles. The molecular formula is C14H12F2N4O3S. The minimum absolute atomic E-state index is 0.0789. The molecular weight excluding hydrogens is 342 g/mol. The first-order chi connectivity index (χ1) is 11.5. The van der Waals surface area contributed by atoms with Gasteiger partial charge in [0.15, 0.2) is 0 Å². The van der Waals surface area contributed by atoms with Crippen LogP contribution in [0, 0.1) is 11.6 Å². The van der Waals surface area contributed by atoms with Gasteiger partial charge < -0.3 is 4.74 Å². The van der Waals surface area contributed by atoms with Crippen molar-refractivity contribution in [3.8, 4) is 11.4 Å². The molecule has 1 heterocycles. The smallest absolute Gasteiger partial charge is 0.232 e. The van der Waals surface area contributed by atoms with Crippen LogP contribution in [0.15, 0.2) is 30.3 Å². The lowest BCUT2D eigenvalue weighted by molar-refractivity contribution is 0.415. The average molecular weight is 354 g/mol. The van der Waals surface area contributed by atoms with Crippen LogP contribution in [-0.4, -0.2) is 30.9 Å². The van der Waals surface area contributed by atoms with Gasteiger partial charge in [0, 0.05) is 24.2 Å². The van der Waals surface area contributed by atoms with Crippen LogP contribution in [-0.2, 0) is 17.8 Å². The Labute approximate surface area is 137 Å². The molecule has 1 atom stereocenters. The number of halogens is 2. The van der Waals surface area contributed by atoms with Crippen LogP contribution in [0.5, 0.6) is 5.75 Å². The first-order valence-electron chi connectivity index (χ1n) is 6.71. The van der Waals surface area contributed by atoms with Gasteiger partial charge in [-0.2, -0.15) is 0 Å². The lowest BCUT2D eigenvalue weighted by Gasteiger charge is -2.08. The zero-order chi connectivity index (χ0) is 17.3. The van der Waals surface area contributed by atoms with Crippen molar-refractivity contribution >= 4 is 22.3 Å². The Balaban J connectivity index is 2.03. The van der Waals surface area contributed by atoms with Gasteiger partial charge >= 0.3 is 0 Å². The predicted octanol–water partition coefficient (Wildman–Crippen LogP) is 1.93. The standard InChI is InChI=1S/C14H12F2N4O3S/c1-23-9-2-3-13-12(5-9)18-19-20(13)14-6-10(15)8(4-11(14)16)7-17-24(21)22/h2-6,17H,7H2,1H3,(H,21,22). The number of hydrogen-bond acceptors (Lipinski definition) is 4. The molecule has 3 rings (SSSR count). The molecule has 0 radical (unpaired) electrons. The molecule has 2 N–H and O–H groups in total. The second-order valence-electron chi connectivity index (χ2n) is 4.82. The van der Waals surface area contributed by atoms with Crippen molar-refractivity contribution in [2.45, 2.75) is 6.54 Å². The van der Waals surface area contributed by atoms with Crippen molar-refractivity contribution in [2.75, 3.05) is 7.11 Å². The van der Waals surface area contributed by atoms with Crippen LogP contribution in [0.25, 0.3) is 16.7 Å². The van der Waals surface area contributed by atoms with E-state index in [0.717, 1.165) is 12.1 Å². The van der Waals surface area contributed by atoms with Crippen LogP contribution in [0.4, 0.5) is 8.78 Å². The molecule has 1 unspecified atom stereocenters. The molecule has 2 aromatic carbocycles. The summed E-state index contributed by atoms with van der Waals surface area (Å²) in [6.45, 7) is -0.290. The summed E-state index contributed by atoms with van der Waals surface area (Å²) in [6.07, 6.45) is 0. The summed E-state index contributed by atoms with van der Waals surface area (Å²) in [6, 6.07) is 6.83. The van der Waals surface area contributed by atoms with E-state index in [9.17, 15) is 13.0 Å². The summed E-state index contributed by atoms with van der Waals surface area (Å²) < 4.78 is 56.0. The van der Waals surface area contributed by atoms with Gasteiger partial charge in [-0.25, -0.2) is 22.4 Å². The maximum atomic E-state index is 14.3. The molecule has 3 aromatic rings. The second-order valence-corrected chi connectivity index (χ2v) is 5.61. The van der Waals surface area contributed by atoms with Crippen LogP contribution in [0.2, 0.25) is 0 Å². The van der Waals surface area contributed by atoms with Crippen LogP contribution in [0.3, 0.4) is 0 Å². The molecule has 0 aliphatic heterocycles. The molecule has 0 spiro atoms. The fourth-order valence-electron chi connectivity index (χ4n) is 2.22. The van der Waals surface area contributed by atoms with Crippen molar-refractivity contribution in [3.05, 3.63) is 47.5 Å². The van der Waals surface area contributed by atoms with Gasteiger partial charge in [0.05, 0.1) is 12.6 Å². The van der Waals surface area contributed by atoms with Gasteiger partial charge in [-0.05, 0) is 18.2 Å². The highest BCUT2D eigenvalue weighted by Gasteiger charge is 2.15. The highest BCUT2D eigenvalue weighted by Crippen LogP contribution is 2.24. The number of hydrogen-bond donors (Lipinski definition) is 2. The maximum absolute atomic E-state index is 14.3. The highest BCUT2D eigenvalue weighted by molar-refractivity contribution is 7.77. The Morgan fingerprint density at radius 2 is 2.08 bits per heavy atom. The Kier molecular flexibility index (Phi) is 4.51. The van der Waals surface area contributed by atoms with Gasteiger partial charge in [0.2, 0.25) is 11.3 Å². The van der Waals surface area contributed by atoms with Crippen molar-refractivity contribution in [2.24, 2.45) is 0 Å². The summed E-state index contributed by atoms with van der Waals surface area (Å²) in [5.74, 6) is -0.902. The summed E-state index contributed by atoms with van der Waals surface area (Å²) in [7, 11) is 1.51. The number of methoxy groups -OCH3 is 1. The molecule has 0 aliphatic carbocycles. The SMILES string of the molecule is COc1ccc2c(c1)nnn2-c1cc(F)c(CNS(=O)O)cc1F. The fourth-order valence-corrected chi connectivity index (χ4v) is 2.50. The predicted molar refractivity (Wildman–Crippen MR) is 82.9 cm³/mol. The van der Waals surface area contributed by atoms with Gasteiger partial charge in [-0.15, -0.1) is 5.10 Å². The molecule has 24 heavy (non-hydrogen) atoms. The summed E-state index contributed by atoms with van der Waals surface area (Å²) in [4.78, 5) is 0. The summed E-state index contributed by atoms with van der Waals surface area (Å²) >= 11 is -2.32. The highest BCUT2D eigenvalue weighted by atomic mass is 32.2. The molecule has 0 aliphatic rings. The van der Waals surface area contributed by atoms with E-state index in [1.165, 1.54) is 11.8 Å². The lowest BCUT2D eigenvalue weighted by atomic mass is 10.2. The molecule has 0 saturated heterocycles. The number of fused-ring (bicyclic) bond motifs is 1. The topological polar surface area (TPSA) is 89.3 Å². The third kappa shape index (κ3) is 3.11. The third-order valence-electron chi connectivity index (χ3n) is 3.38. The maximum Gasteiger partial charge on any atom is 0.232 e. The quantitative estimate of drug-likeness (QED) is 0.684. The lowest BCUT2D eigenvalue weighted by Crippen LogP contribution is -2.17. The van der Waals surface area contributed by atoms with E-state index in [2.05, 4.69) is 15.0 Å². The van der Waals surface area contributed by atoms with Gasteiger partial charge in [0.1, 0.15) is 28.6 Å². The number of rotatable bonds is 5. The normalized spacial score (nSPS) is 12.5. The van der Waals surface area contributed by atoms with E-state index in [-0.39, 0.29) is 17.8 Å². The van der Waals surface area contributed by atoms with Crippen molar-refractivity contribution in [1.82, 2.24) is 19.7 Å². The van der Waals surface area contributed by atoms with Crippen LogP contribution in [0.1, 0.15) is 5.56 Å². The van der Waals surface area contributed by atoms with E-state index in [0.29, 0.717) is 16.8 Å². The first kappa shape index (κ1) is 16.4. The molecule has 126 valence electrons. The minimum atomic E-state index is -2.32. The Bertz CT molecular complexity index is 932. The van der Waals surface area contributed by atoms with Gasteiger partial charge in [-0.3, -0.25) is 4.55 Å². The molecule has 1 aromatic heterocycles. The Morgan fingerprint density at radius 3 is 2.79 bits per heavy atom. The van der Waals surface area contributed by atoms with Crippen molar-refractivity contribution in [3.63, 3.8) is 0 Å². The van der Waals surface area contributed by atoms with Gasteiger partial charge in [0.25, 0.3) is 0 Å². The minimum Gasteiger partial charge on any atom is -0.497 e. The van der Waals surface area contributed by atoms with Crippen LogP contribution < -0.4 is 9.46 Å². The average Bonchev–Trinajstić information content (AvgIpc) is 2.97. The Morgan fingerprint density at radius 1 is 1.29 bits per heavy atom. The molecule has 0 fully saturated rings. The first-order valence-corrected chi connectivity index (χ1v) is 7.82. The van der Waals surface area contributed by atoms with Crippen LogP contribution >= 0.6 is 0 Å². The van der Waals surface area contributed by atoms with Gasteiger partial charge in [-0.1, -0.05) is 5.21 Å². The monoisotopic (exact) mass is 354 g/mol. The summed E-state index contributed by atoms with van der Waals surface area (Å²) in [5, 5.41) is 7.76. The number of nitrogens with one attached hydrogen (secondary N) is 1. The molecule has 10 heteroatoms. The van der Waals surface area contributed by atoms with Crippen molar-refractivity contribution < 1.29 is 22.3 Å². The number of benzene rings is 2. The van der Waals surface area contributed by atoms with Crippen molar-refractivity contribution in [1.29, 1.82) is 0 Å². The zero-order valence-corrected chi connectivity index (χ0v) is 13.2. The number of ether oxygens (including phenoxy) is 1. The van der Waals surface area contributed by atoms with E-state index in [1.54, 1.807) is 18.2 Å². The fraction of sp³-hybridized carbons (Fsp3) is 0.143. The molecule has 0 bridgehead atoms.